The van der Waals surface area contributed by atoms with E-state index in [2.05, 4.69) is 5.32 Å². The van der Waals surface area contributed by atoms with Crippen LogP contribution < -0.4 is 10.1 Å². The van der Waals surface area contributed by atoms with Gasteiger partial charge in [0.25, 0.3) is 0 Å². The van der Waals surface area contributed by atoms with Crippen LogP contribution in [0.2, 0.25) is 0 Å². The molecule has 0 spiro atoms. The lowest BCUT2D eigenvalue weighted by molar-refractivity contribution is -0.118. The first-order valence-corrected chi connectivity index (χ1v) is 7.98. The molecular weight excluding hydrogens is 302 g/mol. The van der Waals surface area contributed by atoms with Crippen molar-refractivity contribution < 1.29 is 14.3 Å². The highest BCUT2D eigenvalue weighted by Gasteiger charge is 2.24. The Kier molecular flexibility index (Phi) is 5.74. The smallest absolute Gasteiger partial charge is 0.232 e. The first kappa shape index (κ1) is 17.7. The topological polar surface area (TPSA) is 55.4 Å². The summed E-state index contributed by atoms with van der Waals surface area (Å²) in [6, 6.07) is 14.5. The third-order valence-corrected chi connectivity index (χ3v) is 3.98. The lowest BCUT2D eigenvalue weighted by Gasteiger charge is -2.21. The third-order valence-electron chi connectivity index (χ3n) is 3.98. The summed E-state index contributed by atoms with van der Waals surface area (Å²) < 4.78 is 5.17. The first-order chi connectivity index (χ1) is 11.4. The molecule has 0 aliphatic carbocycles. The Hall–Kier alpha value is -2.62. The Labute approximate surface area is 142 Å². The number of benzene rings is 2. The van der Waals surface area contributed by atoms with Crippen LogP contribution in [-0.4, -0.2) is 18.8 Å². The number of methoxy groups -OCH3 is 1. The summed E-state index contributed by atoms with van der Waals surface area (Å²) in [5.41, 5.74) is 2.26. The Morgan fingerprint density at radius 2 is 1.54 bits per heavy atom. The van der Waals surface area contributed by atoms with Gasteiger partial charge >= 0.3 is 0 Å². The van der Waals surface area contributed by atoms with Gasteiger partial charge in [0, 0.05) is 11.3 Å². The Morgan fingerprint density at radius 3 is 2.00 bits per heavy atom. The summed E-state index contributed by atoms with van der Waals surface area (Å²) in [6.07, 6.45) is 0. The van der Waals surface area contributed by atoms with E-state index in [1.54, 1.807) is 31.4 Å². The summed E-state index contributed by atoms with van der Waals surface area (Å²) in [7, 11) is 1.62. The maximum Gasteiger partial charge on any atom is 0.232 e. The lowest BCUT2D eigenvalue weighted by Crippen LogP contribution is -2.25. The van der Waals surface area contributed by atoms with Crippen LogP contribution in [0, 0.1) is 5.92 Å². The van der Waals surface area contributed by atoms with Gasteiger partial charge in [0.1, 0.15) is 5.75 Å². The highest BCUT2D eigenvalue weighted by Crippen LogP contribution is 2.27. The number of hydrogen-bond acceptors (Lipinski definition) is 3. The quantitative estimate of drug-likeness (QED) is 0.807. The molecule has 0 aromatic heterocycles. The number of anilines is 1. The van der Waals surface area contributed by atoms with Crippen molar-refractivity contribution in [1.82, 2.24) is 0 Å². The van der Waals surface area contributed by atoms with E-state index in [4.69, 9.17) is 4.74 Å². The average Bonchev–Trinajstić information content (AvgIpc) is 2.55. The van der Waals surface area contributed by atoms with Crippen LogP contribution in [0.4, 0.5) is 5.69 Å². The molecule has 24 heavy (non-hydrogen) atoms. The number of Topliss-reactive ketones (excluding diaryl/α,β-unsaturated/α-hetero) is 1. The standard InChI is InChI=1S/C20H23NO3/c1-13(2)19(16-7-11-18(24-4)12-8-16)20(23)21-17-9-5-15(6-10-17)14(3)22/h5-13,19H,1-4H3,(H,21,23). The van der Waals surface area contributed by atoms with Crippen LogP contribution in [0.3, 0.4) is 0 Å². The van der Waals surface area contributed by atoms with Gasteiger partial charge in [-0.25, -0.2) is 0 Å². The second-order valence-electron chi connectivity index (χ2n) is 6.12. The van der Waals surface area contributed by atoms with Gasteiger partial charge in [0.15, 0.2) is 5.78 Å². The molecule has 4 nitrogen and oxygen atoms in total. The Morgan fingerprint density at radius 1 is 0.958 bits per heavy atom. The largest absolute Gasteiger partial charge is 0.497 e. The monoisotopic (exact) mass is 325 g/mol. The van der Waals surface area contributed by atoms with Crippen molar-refractivity contribution in [2.75, 3.05) is 12.4 Å². The number of ketones is 1. The molecule has 4 heteroatoms. The molecule has 2 aromatic rings. The lowest BCUT2D eigenvalue weighted by atomic mass is 9.87. The van der Waals surface area contributed by atoms with Crippen molar-refractivity contribution in [2.45, 2.75) is 26.7 Å². The molecule has 0 saturated carbocycles. The van der Waals surface area contributed by atoms with E-state index in [9.17, 15) is 9.59 Å². The predicted octanol–water partition coefficient (Wildman–Crippen LogP) is 4.28. The summed E-state index contributed by atoms with van der Waals surface area (Å²) >= 11 is 0. The number of nitrogens with one attached hydrogen (secondary N) is 1. The SMILES string of the molecule is COc1ccc(C(C(=O)Nc2ccc(C(C)=O)cc2)C(C)C)cc1. The first-order valence-electron chi connectivity index (χ1n) is 7.98. The van der Waals surface area contributed by atoms with E-state index in [1.165, 1.54) is 6.92 Å². The molecule has 0 radical (unpaired) electrons. The highest BCUT2D eigenvalue weighted by molar-refractivity contribution is 5.97. The van der Waals surface area contributed by atoms with Crippen LogP contribution >= 0.6 is 0 Å². The fourth-order valence-electron chi connectivity index (χ4n) is 2.66. The molecule has 1 unspecified atom stereocenters. The van der Waals surface area contributed by atoms with Gasteiger partial charge in [-0.3, -0.25) is 9.59 Å². The van der Waals surface area contributed by atoms with E-state index in [0.717, 1.165) is 11.3 Å². The zero-order valence-electron chi connectivity index (χ0n) is 14.5. The summed E-state index contributed by atoms with van der Waals surface area (Å²) in [5.74, 6) is 0.594. The predicted molar refractivity (Wildman–Crippen MR) is 95.6 cm³/mol. The zero-order valence-corrected chi connectivity index (χ0v) is 14.5. The fraction of sp³-hybridized carbons (Fsp3) is 0.300. The number of carbonyl (C=O) groups is 2. The van der Waals surface area contributed by atoms with E-state index in [1.807, 2.05) is 38.1 Å². The molecule has 1 N–H and O–H groups in total. The van der Waals surface area contributed by atoms with Crippen LogP contribution in [0.25, 0.3) is 0 Å². The molecule has 0 heterocycles. The van der Waals surface area contributed by atoms with Crippen molar-refractivity contribution in [3.8, 4) is 5.75 Å². The van der Waals surface area contributed by atoms with Crippen molar-refractivity contribution in [1.29, 1.82) is 0 Å². The molecule has 2 rings (SSSR count). The van der Waals surface area contributed by atoms with Crippen molar-refractivity contribution in [3.05, 3.63) is 59.7 Å². The van der Waals surface area contributed by atoms with E-state index >= 15 is 0 Å². The van der Waals surface area contributed by atoms with Gasteiger partial charge in [0.2, 0.25) is 5.91 Å². The number of ether oxygens (including phenoxy) is 1. The van der Waals surface area contributed by atoms with Gasteiger partial charge in [-0.15, -0.1) is 0 Å². The Bertz CT molecular complexity index is 703. The average molecular weight is 325 g/mol. The van der Waals surface area contributed by atoms with Gasteiger partial charge in [0.05, 0.1) is 13.0 Å². The molecule has 0 bridgehead atoms. The number of rotatable bonds is 6. The maximum atomic E-state index is 12.7. The molecule has 1 atom stereocenters. The second kappa shape index (κ2) is 7.77. The minimum absolute atomic E-state index is 0.00571. The molecule has 0 saturated heterocycles. The third kappa shape index (κ3) is 4.22. The van der Waals surface area contributed by atoms with E-state index in [-0.39, 0.29) is 23.5 Å². The molecular formula is C20H23NO3. The van der Waals surface area contributed by atoms with Gasteiger partial charge in [-0.1, -0.05) is 26.0 Å². The van der Waals surface area contributed by atoms with Crippen LogP contribution in [0.5, 0.6) is 5.75 Å². The van der Waals surface area contributed by atoms with Crippen molar-refractivity contribution >= 4 is 17.4 Å². The molecule has 0 aliphatic rings. The number of amides is 1. The zero-order chi connectivity index (χ0) is 17.7. The van der Waals surface area contributed by atoms with Crippen molar-refractivity contribution in [3.63, 3.8) is 0 Å². The second-order valence-corrected chi connectivity index (χ2v) is 6.12. The van der Waals surface area contributed by atoms with Crippen LogP contribution in [0.15, 0.2) is 48.5 Å². The minimum Gasteiger partial charge on any atom is -0.497 e. The maximum absolute atomic E-state index is 12.7. The normalized spacial score (nSPS) is 11.9. The summed E-state index contributed by atoms with van der Waals surface area (Å²) in [5, 5.41) is 2.94. The van der Waals surface area contributed by atoms with Gasteiger partial charge in [-0.2, -0.15) is 0 Å². The summed E-state index contributed by atoms with van der Waals surface area (Å²) in [6.45, 7) is 5.56. The van der Waals surface area contributed by atoms with Crippen LogP contribution in [0.1, 0.15) is 42.6 Å². The summed E-state index contributed by atoms with van der Waals surface area (Å²) in [4.78, 5) is 24.0. The van der Waals surface area contributed by atoms with E-state index < -0.39 is 0 Å². The number of carbonyl (C=O) groups excluding carboxylic acids is 2. The van der Waals surface area contributed by atoms with Gasteiger partial charge < -0.3 is 10.1 Å². The van der Waals surface area contributed by atoms with Crippen molar-refractivity contribution in [2.24, 2.45) is 5.92 Å². The minimum atomic E-state index is -0.261. The highest BCUT2D eigenvalue weighted by atomic mass is 16.5. The van der Waals surface area contributed by atoms with Crippen LogP contribution in [-0.2, 0) is 4.79 Å². The Balaban J connectivity index is 2.17. The fourth-order valence-corrected chi connectivity index (χ4v) is 2.66. The molecule has 2 aromatic carbocycles. The number of hydrogen-bond donors (Lipinski definition) is 1. The molecule has 1 amide bonds. The van der Waals surface area contributed by atoms with Gasteiger partial charge in [-0.05, 0) is 54.8 Å². The van der Waals surface area contributed by atoms with E-state index in [0.29, 0.717) is 11.3 Å². The molecule has 0 fully saturated rings. The molecule has 0 aliphatic heterocycles. The molecule has 126 valence electrons.